The first-order valence-corrected chi connectivity index (χ1v) is 50.0. The zero-order chi connectivity index (χ0) is 94.2. The molecule has 0 spiro atoms. The molecular formula is C104H104Br4Cl2IN11O11. The number of hydrogen-bond donors (Lipinski definition) is 2. The summed E-state index contributed by atoms with van der Waals surface area (Å²) < 4.78 is 12.5. The van der Waals surface area contributed by atoms with E-state index in [4.69, 9.17) is 23.2 Å². The maximum atomic E-state index is 13.7. The van der Waals surface area contributed by atoms with Crippen LogP contribution in [-0.2, 0) is 77.5 Å². The largest absolute Gasteiger partial charge is 0.349 e. The first-order valence-electron chi connectivity index (χ1n) is 45.0. The number of likely N-dealkylation sites (tertiary alicyclic amines) is 4. The third kappa shape index (κ3) is 23.0. The zero-order valence-electron chi connectivity index (χ0n) is 73.9. The summed E-state index contributed by atoms with van der Waals surface area (Å²) in [4.78, 5) is 147. The number of aryl methyl sites for hydroxylation is 1. The van der Waals surface area contributed by atoms with Crippen molar-refractivity contribution in [1.29, 1.82) is 0 Å². The predicted octanol–water partition coefficient (Wildman–Crippen LogP) is 20.0. The number of rotatable bonds is 27. The van der Waals surface area contributed by atoms with Crippen LogP contribution in [0.15, 0.2) is 233 Å². The smallest absolute Gasteiger partial charge is 0.256 e. The van der Waals surface area contributed by atoms with Crippen LogP contribution in [0.1, 0.15) is 141 Å². The second-order valence-corrected chi connectivity index (χ2v) is 41.4. The van der Waals surface area contributed by atoms with E-state index in [9.17, 15) is 52.7 Å². The van der Waals surface area contributed by atoms with Crippen LogP contribution in [0.5, 0.6) is 0 Å². The van der Waals surface area contributed by atoms with Crippen molar-refractivity contribution in [1.82, 2.24) is 53.4 Å². The lowest BCUT2D eigenvalue weighted by Gasteiger charge is -2.38. The number of nitrogens with zero attached hydrogens (tertiary/aromatic N) is 9. The number of aromatic nitrogens is 4. The zero-order valence-corrected chi connectivity index (χ0v) is 83.9. The Morgan fingerprint density at radius 1 is 0.421 bits per heavy atom. The van der Waals surface area contributed by atoms with Crippen molar-refractivity contribution in [2.75, 3.05) is 58.9 Å². The van der Waals surface area contributed by atoms with E-state index in [1.807, 2.05) is 127 Å². The summed E-state index contributed by atoms with van der Waals surface area (Å²) in [5.74, 6) is 1.26. The van der Waals surface area contributed by atoms with Crippen LogP contribution < -0.4 is 10.6 Å². The molecule has 4 unspecified atom stereocenters. The van der Waals surface area contributed by atoms with E-state index in [2.05, 4.69) is 179 Å². The Morgan fingerprint density at radius 2 is 0.789 bits per heavy atom. The number of nitrogens with one attached hydrogen (secondary N) is 2. The van der Waals surface area contributed by atoms with Crippen molar-refractivity contribution < 1.29 is 52.7 Å². The molecule has 0 bridgehead atoms. The molecule has 18 rings (SSSR count). The number of hydrogen-bond acceptors (Lipinski definition) is 11. The molecule has 690 valence electrons. The van der Waals surface area contributed by atoms with E-state index in [1.54, 1.807) is 31.9 Å². The van der Waals surface area contributed by atoms with Gasteiger partial charge in [0.05, 0.1) is 52.9 Å². The van der Waals surface area contributed by atoms with Gasteiger partial charge in [-0.15, -0.1) is 0 Å². The van der Waals surface area contributed by atoms with Crippen LogP contribution in [0, 0.1) is 34.2 Å². The lowest BCUT2D eigenvalue weighted by molar-refractivity contribution is -0.134. The molecule has 6 fully saturated rings. The maximum Gasteiger partial charge on any atom is 0.256 e. The third-order valence-corrected chi connectivity index (χ3v) is 30.6. The molecule has 2 aliphatic carbocycles. The number of carbonyl (C=O) groups excluding carboxylic acids is 11. The van der Waals surface area contributed by atoms with Gasteiger partial charge in [0, 0.05) is 229 Å². The van der Waals surface area contributed by atoms with E-state index in [0.717, 1.165) is 120 Å². The first-order chi connectivity index (χ1) is 64.0. The molecule has 0 radical (unpaired) electrons. The predicted molar refractivity (Wildman–Crippen MR) is 544 cm³/mol. The lowest BCUT2D eigenvalue weighted by atomic mass is 9.80. The van der Waals surface area contributed by atoms with Crippen LogP contribution in [0.4, 0.5) is 0 Å². The summed E-state index contributed by atoms with van der Waals surface area (Å²) in [6, 6.07) is 46.3. The highest BCUT2D eigenvalue weighted by Crippen LogP contribution is 2.40. The number of fused-ring (bicyclic) bond motifs is 5. The van der Waals surface area contributed by atoms with Gasteiger partial charge in [0.1, 0.15) is 0 Å². The van der Waals surface area contributed by atoms with Gasteiger partial charge in [-0.2, -0.15) is 0 Å². The molecule has 4 saturated heterocycles. The van der Waals surface area contributed by atoms with Crippen molar-refractivity contribution in [3.05, 3.63) is 291 Å². The van der Waals surface area contributed by atoms with Gasteiger partial charge in [0.25, 0.3) is 17.7 Å². The molecule has 7 aliphatic rings. The fraction of sp³-hybridized carbons (Fsp3) is 0.337. The average Bonchev–Trinajstić information content (AvgIpc) is 1.66. The standard InChI is InChI=1S/C30H32BrN3O3.C29H30BrN3O3.C27H24BrCl2N3O3.C18H18BrIN2O2/c1-2-29(36)34-16-20(17-34)14-23(35)18-33-19-26(25-15-22(31)12-13-28(25)33)30(37)32-27-11-7-6-10-24(27)21-8-4-3-5-9-21;1-2-28(35)33-15-19(16-33)13-22(34)17-32-18-25(24-14-21(30)11-12-27(24)32)29(36)31-26-10-6-9-23(26)20-7-4-3-5-8-20;1-2-25(35)33-11-16(12-33)9-19(34)14-32-15-22(21-10-18(28)4-6-24(21)32)27(36)31-8-7-20-17(13-31)3-5-23(29)26(20)30;1-3-18(24)22-7-12(8-22)5-13(23)9-21-10-16(20)14-6-15(19)11(2)4-17(14)21/h2-5,8-9,12-13,15,19-20,24,27H,1,6-7,10-11,14,16-18H2,(H,32,37);2-5,7-8,11-12,14,18-19,23,26H,1,6,9-10,13,15-17H2,(H,31,36);2-6,10,15-16H,1,7-9,11-14H2;3-4,6,10,12H,1,5,7-9H2,2H3. The highest BCUT2D eigenvalue weighted by molar-refractivity contribution is 14.1. The van der Waals surface area contributed by atoms with Crippen molar-refractivity contribution >= 4 is 218 Å². The first kappa shape index (κ1) is 97.4. The summed E-state index contributed by atoms with van der Waals surface area (Å²) in [6.45, 7) is 22.8. The molecule has 133 heavy (non-hydrogen) atoms. The summed E-state index contributed by atoms with van der Waals surface area (Å²) in [5, 5.41) is 11.3. The van der Waals surface area contributed by atoms with Gasteiger partial charge in [0.15, 0.2) is 23.1 Å². The van der Waals surface area contributed by atoms with Crippen LogP contribution in [0.3, 0.4) is 0 Å². The van der Waals surface area contributed by atoms with Gasteiger partial charge < -0.3 is 53.4 Å². The van der Waals surface area contributed by atoms with Gasteiger partial charge in [-0.1, -0.05) is 199 Å². The number of halogens is 7. The van der Waals surface area contributed by atoms with Crippen molar-refractivity contribution in [3.63, 3.8) is 0 Å². The Labute approximate surface area is 830 Å². The molecule has 9 heterocycles. The summed E-state index contributed by atoms with van der Waals surface area (Å²) in [7, 11) is 0. The molecule has 7 amide bonds. The summed E-state index contributed by atoms with van der Waals surface area (Å²) in [5.41, 5.74) is 11.1. The Kier molecular flexibility index (Phi) is 32.0. The molecule has 4 atom stereocenters. The van der Waals surface area contributed by atoms with Gasteiger partial charge in [-0.3, -0.25) is 52.7 Å². The topological polar surface area (TPSA) is 248 Å². The van der Waals surface area contributed by atoms with Crippen molar-refractivity contribution in [2.45, 2.75) is 141 Å². The molecule has 4 aromatic heterocycles. The van der Waals surface area contributed by atoms with E-state index >= 15 is 0 Å². The quantitative estimate of drug-likeness (QED) is 0.0362. The fourth-order valence-electron chi connectivity index (χ4n) is 19.6. The van der Waals surface area contributed by atoms with Crippen molar-refractivity contribution in [2.24, 2.45) is 23.7 Å². The molecular weight excluding hydrogens is 2100 g/mol. The Balaban J connectivity index is 0.000000137. The highest BCUT2D eigenvalue weighted by atomic mass is 127. The number of carbonyl (C=O) groups is 11. The van der Waals surface area contributed by atoms with E-state index in [0.29, 0.717) is 143 Å². The second-order valence-electron chi connectivity index (χ2n) is 35.8. The van der Waals surface area contributed by atoms with Crippen LogP contribution in [-0.4, -0.2) is 178 Å². The SMILES string of the molecule is C=CC(=O)N1CC(CC(=O)Cn2cc(C(=O)N3CCc4c(ccc(Cl)c4Cl)C3)c3cc(Br)ccc32)C1.C=CC(=O)N1CC(CC(=O)Cn2cc(C(=O)NC3CCCC3c3ccccc3)c3cc(Br)ccc32)C1.C=CC(=O)N1CC(CC(=O)Cn2cc(C(=O)NC3CCCCC3c3ccccc3)c3cc(Br)ccc32)C1.C=CC(=O)N1CC(CC(=O)Cn2cc(I)c3cc(Br)c(C)cc32)C1. The number of Topliss-reactive ketones (excluding diaryl/α,β-unsaturated/α-hetero) is 4. The maximum absolute atomic E-state index is 13.7. The van der Waals surface area contributed by atoms with Crippen LogP contribution in [0.25, 0.3) is 43.6 Å². The Hall–Kier alpha value is -10.1. The molecule has 22 nitrogen and oxygen atoms in total. The molecule has 7 aromatic carbocycles. The molecule has 2 N–H and O–H groups in total. The van der Waals surface area contributed by atoms with E-state index in [-0.39, 0.29) is 120 Å². The molecule has 5 aliphatic heterocycles. The summed E-state index contributed by atoms with van der Waals surface area (Å²) in [6.07, 6.45) is 22.5. The van der Waals surface area contributed by atoms with E-state index < -0.39 is 0 Å². The second kappa shape index (κ2) is 43.7. The van der Waals surface area contributed by atoms with Crippen LogP contribution >= 0.6 is 110 Å². The monoisotopic (exact) mass is 2200 g/mol. The average molecular weight is 2200 g/mol. The van der Waals surface area contributed by atoms with E-state index in [1.165, 1.54) is 41.9 Å². The van der Waals surface area contributed by atoms with Gasteiger partial charge in [-0.05, 0) is 187 Å². The van der Waals surface area contributed by atoms with Gasteiger partial charge >= 0.3 is 0 Å². The number of ketones is 4. The third-order valence-electron chi connectivity index (χ3n) is 26.5. The molecule has 11 aromatic rings. The van der Waals surface area contributed by atoms with Crippen molar-refractivity contribution in [3.8, 4) is 0 Å². The molecule has 29 heteroatoms. The highest BCUT2D eigenvalue weighted by Gasteiger charge is 2.38. The Morgan fingerprint density at radius 3 is 1.20 bits per heavy atom. The summed E-state index contributed by atoms with van der Waals surface area (Å²) >= 11 is 29.0. The Bertz CT molecular complexity index is 6400. The van der Waals surface area contributed by atoms with Gasteiger partial charge in [0.2, 0.25) is 23.6 Å². The normalized spacial score (nSPS) is 17.7. The minimum atomic E-state index is -0.102. The number of benzene rings is 7. The van der Waals surface area contributed by atoms with Crippen LogP contribution in [0.2, 0.25) is 10.0 Å². The van der Waals surface area contributed by atoms with Gasteiger partial charge in [-0.25, -0.2) is 0 Å². The lowest BCUT2D eigenvalue weighted by Crippen LogP contribution is -2.50. The fourth-order valence-corrected chi connectivity index (χ4v) is 22.3. The minimum Gasteiger partial charge on any atom is -0.349 e. The minimum absolute atomic E-state index is 0.0503. The number of amides is 7. The molecule has 2 saturated carbocycles.